The van der Waals surface area contributed by atoms with E-state index in [0.717, 1.165) is 12.5 Å². The Kier molecular flexibility index (Phi) is 5.13. The summed E-state index contributed by atoms with van der Waals surface area (Å²) in [6.07, 6.45) is 1.38. The molecular formula is C17H17ClF2. The van der Waals surface area contributed by atoms with Crippen LogP contribution < -0.4 is 0 Å². The molecule has 106 valence electrons. The van der Waals surface area contributed by atoms with E-state index < -0.39 is 11.6 Å². The standard InChI is InChI=1S/C17H17ClF2/c1-12-3-2-4-13(5-12)6-15(11-18)7-14-8-16(19)10-17(20)9-14/h2-5,8-10,15H,6-7,11H2,1H3. The molecule has 0 aliphatic rings. The van der Waals surface area contributed by atoms with Crippen molar-refractivity contribution < 1.29 is 8.78 Å². The van der Waals surface area contributed by atoms with Crippen LogP contribution in [0, 0.1) is 24.5 Å². The molecule has 0 radical (unpaired) electrons. The third kappa shape index (κ3) is 4.31. The van der Waals surface area contributed by atoms with Gasteiger partial charge in [0.2, 0.25) is 0 Å². The van der Waals surface area contributed by atoms with Gasteiger partial charge in [-0.25, -0.2) is 8.78 Å². The van der Waals surface area contributed by atoms with Gasteiger partial charge in [0, 0.05) is 11.9 Å². The van der Waals surface area contributed by atoms with Gasteiger partial charge in [0.25, 0.3) is 0 Å². The molecule has 3 heteroatoms. The Morgan fingerprint density at radius 1 is 0.950 bits per heavy atom. The van der Waals surface area contributed by atoms with Gasteiger partial charge in [-0.05, 0) is 48.9 Å². The molecule has 2 rings (SSSR count). The van der Waals surface area contributed by atoms with Crippen LogP contribution in [0.2, 0.25) is 0 Å². The summed E-state index contributed by atoms with van der Waals surface area (Å²) in [5.74, 6) is -0.445. The maximum Gasteiger partial charge on any atom is 0.126 e. The van der Waals surface area contributed by atoms with E-state index in [4.69, 9.17) is 11.6 Å². The van der Waals surface area contributed by atoms with E-state index in [1.165, 1.54) is 23.3 Å². The zero-order valence-corrected chi connectivity index (χ0v) is 12.1. The van der Waals surface area contributed by atoms with Crippen molar-refractivity contribution in [3.63, 3.8) is 0 Å². The van der Waals surface area contributed by atoms with Crippen LogP contribution in [0.4, 0.5) is 8.78 Å². The highest BCUT2D eigenvalue weighted by Crippen LogP contribution is 2.18. The molecule has 0 spiro atoms. The third-order valence-corrected chi connectivity index (χ3v) is 3.71. The van der Waals surface area contributed by atoms with E-state index in [2.05, 4.69) is 12.1 Å². The van der Waals surface area contributed by atoms with Crippen LogP contribution in [0.5, 0.6) is 0 Å². The van der Waals surface area contributed by atoms with Crippen LogP contribution in [-0.4, -0.2) is 5.88 Å². The van der Waals surface area contributed by atoms with Crippen LogP contribution >= 0.6 is 11.6 Å². The smallest absolute Gasteiger partial charge is 0.126 e. The average Bonchev–Trinajstić information content (AvgIpc) is 2.36. The fourth-order valence-corrected chi connectivity index (χ4v) is 2.63. The van der Waals surface area contributed by atoms with Crippen molar-refractivity contribution in [2.75, 3.05) is 5.88 Å². The summed E-state index contributed by atoms with van der Waals surface area (Å²) in [5, 5.41) is 0. The van der Waals surface area contributed by atoms with Gasteiger partial charge in [-0.1, -0.05) is 29.8 Å². The fourth-order valence-electron chi connectivity index (χ4n) is 2.42. The fraction of sp³-hybridized carbons (Fsp3) is 0.294. The summed E-state index contributed by atoms with van der Waals surface area (Å²) in [6.45, 7) is 2.04. The van der Waals surface area contributed by atoms with Gasteiger partial charge < -0.3 is 0 Å². The molecule has 1 atom stereocenters. The lowest BCUT2D eigenvalue weighted by Gasteiger charge is -2.14. The van der Waals surface area contributed by atoms with E-state index in [9.17, 15) is 8.78 Å². The summed E-state index contributed by atoms with van der Waals surface area (Å²) in [5.41, 5.74) is 3.06. The van der Waals surface area contributed by atoms with Gasteiger partial charge in [-0.3, -0.25) is 0 Å². The molecule has 0 aliphatic carbocycles. The molecule has 0 aliphatic heterocycles. The first-order chi connectivity index (χ1) is 9.56. The van der Waals surface area contributed by atoms with Gasteiger partial charge >= 0.3 is 0 Å². The maximum atomic E-state index is 13.2. The summed E-state index contributed by atoms with van der Waals surface area (Å²) in [7, 11) is 0. The van der Waals surface area contributed by atoms with E-state index >= 15 is 0 Å². The third-order valence-electron chi connectivity index (χ3n) is 3.27. The molecule has 0 bridgehead atoms. The lowest BCUT2D eigenvalue weighted by molar-refractivity contribution is 0.557. The Morgan fingerprint density at radius 3 is 2.20 bits per heavy atom. The topological polar surface area (TPSA) is 0 Å². The van der Waals surface area contributed by atoms with Crippen LogP contribution in [0.25, 0.3) is 0 Å². The summed E-state index contributed by atoms with van der Waals surface area (Å²) in [6, 6.07) is 11.9. The molecule has 0 heterocycles. The number of benzene rings is 2. The van der Waals surface area contributed by atoms with Crippen molar-refractivity contribution in [3.8, 4) is 0 Å². The van der Waals surface area contributed by atoms with E-state index in [-0.39, 0.29) is 5.92 Å². The maximum absolute atomic E-state index is 13.2. The number of aryl methyl sites for hydroxylation is 1. The molecular weight excluding hydrogens is 278 g/mol. The molecule has 20 heavy (non-hydrogen) atoms. The zero-order chi connectivity index (χ0) is 14.5. The second kappa shape index (κ2) is 6.85. The normalized spacial score (nSPS) is 12.4. The van der Waals surface area contributed by atoms with Crippen LogP contribution in [0.3, 0.4) is 0 Å². The van der Waals surface area contributed by atoms with E-state index in [1.54, 1.807) is 0 Å². The first kappa shape index (κ1) is 15.0. The summed E-state index contributed by atoms with van der Waals surface area (Å²) in [4.78, 5) is 0. The summed E-state index contributed by atoms with van der Waals surface area (Å²) < 4.78 is 26.4. The molecule has 0 saturated carbocycles. The van der Waals surface area contributed by atoms with Crippen molar-refractivity contribution in [1.29, 1.82) is 0 Å². The molecule has 0 amide bonds. The van der Waals surface area contributed by atoms with Gasteiger partial charge in [0.1, 0.15) is 11.6 Å². The first-order valence-corrected chi connectivity index (χ1v) is 7.17. The largest absolute Gasteiger partial charge is 0.207 e. The SMILES string of the molecule is Cc1cccc(CC(CCl)Cc2cc(F)cc(F)c2)c1. The highest BCUT2D eigenvalue weighted by molar-refractivity contribution is 6.18. The zero-order valence-electron chi connectivity index (χ0n) is 11.4. The van der Waals surface area contributed by atoms with Crippen molar-refractivity contribution in [2.45, 2.75) is 19.8 Å². The molecule has 2 aromatic rings. The van der Waals surface area contributed by atoms with Gasteiger partial charge in [-0.2, -0.15) is 0 Å². The Morgan fingerprint density at radius 2 is 1.60 bits per heavy atom. The minimum absolute atomic E-state index is 0.166. The minimum Gasteiger partial charge on any atom is -0.207 e. The number of alkyl halides is 1. The van der Waals surface area contributed by atoms with Crippen molar-refractivity contribution in [2.24, 2.45) is 5.92 Å². The Bertz CT molecular complexity index is 561. The Labute approximate surface area is 123 Å². The molecule has 0 aromatic heterocycles. The van der Waals surface area contributed by atoms with Crippen molar-refractivity contribution in [3.05, 3.63) is 70.8 Å². The summed E-state index contributed by atoms with van der Waals surface area (Å²) >= 11 is 6.00. The number of hydrogen-bond acceptors (Lipinski definition) is 0. The van der Waals surface area contributed by atoms with Crippen molar-refractivity contribution in [1.82, 2.24) is 0 Å². The Hall–Kier alpha value is -1.41. The quantitative estimate of drug-likeness (QED) is 0.687. The second-order valence-electron chi connectivity index (χ2n) is 5.20. The Balaban J connectivity index is 2.09. The molecule has 0 nitrogen and oxygen atoms in total. The monoisotopic (exact) mass is 294 g/mol. The van der Waals surface area contributed by atoms with Gasteiger partial charge in [-0.15, -0.1) is 11.6 Å². The minimum atomic E-state index is -0.538. The first-order valence-electron chi connectivity index (χ1n) is 6.63. The molecule has 1 unspecified atom stereocenters. The molecule has 0 fully saturated rings. The van der Waals surface area contributed by atoms with Crippen LogP contribution in [-0.2, 0) is 12.8 Å². The highest BCUT2D eigenvalue weighted by atomic mass is 35.5. The number of hydrogen-bond donors (Lipinski definition) is 0. The van der Waals surface area contributed by atoms with E-state index in [0.29, 0.717) is 17.9 Å². The van der Waals surface area contributed by atoms with Gasteiger partial charge in [0.05, 0.1) is 0 Å². The van der Waals surface area contributed by atoms with E-state index in [1.807, 2.05) is 19.1 Å². The molecule has 2 aromatic carbocycles. The lowest BCUT2D eigenvalue weighted by atomic mass is 9.93. The van der Waals surface area contributed by atoms with Crippen molar-refractivity contribution >= 4 is 11.6 Å². The predicted molar refractivity (Wildman–Crippen MR) is 79.2 cm³/mol. The predicted octanol–water partition coefficient (Wildman–Crippen LogP) is 4.91. The molecule has 0 saturated heterocycles. The lowest BCUT2D eigenvalue weighted by Crippen LogP contribution is -2.10. The average molecular weight is 295 g/mol. The number of halogens is 3. The second-order valence-corrected chi connectivity index (χ2v) is 5.50. The van der Waals surface area contributed by atoms with Gasteiger partial charge in [0.15, 0.2) is 0 Å². The molecule has 0 N–H and O–H groups in total. The number of rotatable bonds is 5. The van der Waals surface area contributed by atoms with Crippen LogP contribution in [0.15, 0.2) is 42.5 Å². The highest BCUT2D eigenvalue weighted by Gasteiger charge is 2.11. The van der Waals surface area contributed by atoms with Crippen LogP contribution in [0.1, 0.15) is 16.7 Å².